The molecule has 2 nitrogen and oxygen atoms in total. The Morgan fingerprint density at radius 3 is 1.50 bits per heavy atom. The molecular weight excluding hydrogens is 267 g/mol. The quantitative estimate of drug-likeness (QED) is 0.492. The van der Waals surface area contributed by atoms with Gasteiger partial charge in [-0.15, -0.1) is 0 Å². The van der Waals surface area contributed by atoms with Crippen LogP contribution in [0.15, 0.2) is 0 Å². The van der Waals surface area contributed by atoms with Gasteiger partial charge in [0.1, 0.15) is 0 Å². The van der Waals surface area contributed by atoms with Gasteiger partial charge >= 0.3 is 117 Å². The second-order valence-corrected chi connectivity index (χ2v) is 12.4. The molecule has 0 aromatic carbocycles. The molecule has 0 amide bonds. The Bertz CT molecular complexity index is 232. The SMILES string of the molecule is CCCCP(Cl)(CCCC)(CCCC)OC(C)=O. The minimum absolute atomic E-state index is 0.203. The van der Waals surface area contributed by atoms with E-state index >= 15 is 0 Å². The van der Waals surface area contributed by atoms with Gasteiger partial charge in [0.25, 0.3) is 0 Å². The Morgan fingerprint density at radius 2 is 1.28 bits per heavy atom. The van der Waals surface area contributed by atoms with Crippen LogP contribution in [0, 0.1) is 0 Å². The van der Waals surface area contributed by atoms with Gasteiger partial charge in [0, 0.05) is 0 Å². The van der Waals surface area contributed by atoms with Gasteiger partial charge in [0.2, 0.25) is 0 Å². The van der Waals surface area contributed by atoms with E-state index in [1.807, 2.05) is 0 Å². The monoisotopic (exact) mass is 296 g/mol. The molecule has 0 saturated carbocycles. The third kappa shape index (κ3) is 6.38. The van der Waals surface area contributed by atoms with Crippen LogP contribution in [0.1, 0.15) is 66.2 Å². The van der Waals surface area contributed by atoms with Crippen molar-refractivity contribution in [2.24, 2.45) is 0 Å². The molecule has 0 heterocycles. The minimum atomic E-state index is -2.78. The fourth-order valence-electron chi connectivity index (χ4n) is 2.31. The number of rotatable bonds is 10. The number of halogens is 1. The molecule has 0 unspecified atom stereocenters. The summed E-state index contributed by atoms with van der Waals surface area (Å²) in [5.74, 6) is -0.203. The van der Waals surface area contributed by atoms with E-state index in [9.17, 15) is 4.79 Å². The van der Waals surface area contributed by atoms with Crippen LogP contribution < -0.4 is 0 Å². The van der Waals surface area contributed by atoms with Crippen molar-refractivity contribution in [2.75, 3.05) is 18.5 Å². The van der Waals surface area contributed by atoms with Gasteiger partial charge < -0.3 is 0 Å². The average molecular weight is 297 g/mol. The number of hydrogen-bond donors (Lipinski definition) is 0. The molecule has 0 aliphatic rings. The molecule has 0 saturated heterocycles. The molecule has 0 aliphatic carbocycles. The summed E-state index contributed by atoms with van der Waals surface area (Å²) in [6.07, 6.45) is 6.37. The molecule has 0 fully saturated rings. The summed E-state index contributed by atoms with van der Waals surface area (Å²) in [5, 5.41) is 0. The first-order valence-corrected chi connectivity index (χ1v) is 10.9. The van der Waals surface area contributed by atoms with Crippen molar-refractivity contribution in [3.8, 4) is 0 Å². The van der Waals surface area contributed by atoms with Gasteiger partial charge in [-0.1, -0.05) is 0 Å². The zero-order chi connectivity index (χ0) is 14.1. The van der Waals surface area contributed by atoms with E-state index in [0.29, 0.717) is 0 Å². The van der Waals surface area contributed by atoms with Gasteiger partial charge in [0.05, 0.1) is 0 Å². The molecule has 0 radical (unpaired) electrons. The number of carbonyl (C=O) groups is 1. The molecule has 110 valence electrons. The predicted molar refractivity (Wildman–Crippen MR) is 83.9 cm³/mol. The van der Waals surface area contributed by atoms with Crippen LogP contribution in [-0.2, 0) is 9.32 Å². The van der Waals surface area contributed by atoms with Gasteiger partial charge in [-0.2, -0.15) is 0 Å². The van der Waals surface area contributed by atoms with Crippen LogP contribution in [0.4, 0.5) is 0 Å². The summed E-state index contributed by atoms with van der Waals surface area (Å²) in [6.45, 7) is 7.97. The predicted octanol–water partition coefficient (Wildman–Crippen LogP) is 5.57. The first kappa shape index (κ1) is 18.2. The van der Waals surface area contributed by atoms with E-state index in [1.54, 1.807) is 0 Å². The fourth-order valence-corrected chi connectivity index (χ4v) is 8.30. The zero-order valence-corrected chi connectivity index (χ0v) is 14.2. The van der Waals surface area contributed by atoms with Crippen molar-refractivity contribution in [1.82, 2.24) is 0 Å². The van der Waals surface area contributed by atoms with Crippen LogP contribution in [0.5, 0.6) is 0 Å². The van der Waals surface area contributed by atoms with Gasteiger partial charge in [-0.3, -0.25) is 0 Å². The summed E-state index contributed by atoms with van der Waals surface area (Å²) < 4.78 is 5.79. The normalized spacial score (nSPS) is 13.9. The first-order valence-electron chi connectivity index (χ1n) is 7.33. The van der Waals surface area contributed by atoms with E-state index in [0.717, 1.165) is 57.0 Å². The van der Waals surface area contributed by atoms with Crippen molar-refractivity contribution in [1.29, 1.82) is 0 Å². The molecule has 0 spiro atoms. The number of carbonyl (C=O) groups excluding carboxylic acids is 1. The van der Waals surface area contributed by atoms with Crippen LogP contribution in [0.3, 0.4) is 0 Å². The average Bonchev–Trinajstić information content (AvgIpc) is 2.32. The Labute approximate surface area is 118 Å². The number of unbranched alkanes of at least 4 members (excludes halogenated alkanes) is 3. The number of hydrogen-bond acceptors (Lipinski definition) is 2. The Hall–Kier alpha value is 0.190. The van der Waals surface area contributed by atoms with Crippen LogP contribution in [-0.4, -0.2) is 24.5 Å². The summed E-state index contributed by atoms with van der Waals surface area (Å²) in [4.78, 5) is 11.5. The summed E-state index contributed by atoms with van der Waals surface area (Å²) >= 11 is 7.02. The van der Waals surface area contributed by atoms with Gasteiger partial charge in [-0.25, -0.2) is 0 Å². The van der Waals surface area contributed by atoms with Crippen molar-refractivity contribution in [3.05, 3.63) is 0 Å². The molecule has 0 rings (SSSR count). The topological polar surface area (TPSA) is 26.3 Å². The molecule has 0 bridgehead atoms. The van der Waals surface area contributed by atoms with Crippen molar-refractivity contribution in [3.63, 3.8) is 0 Å². The second-order valence-electron chi connectivity index (χ2n) is 5.30. The van der Waals surface area contributed by atoms with Crippen molar-refractivity contribution in [2.45, 2.75) is 66.2 Å². The van der Waals surface area contributed by atoms with E-state index in [-0.39, 0.29) is 5.97 Å². The Morgan fingerprint density at radius 1 is 0.944 bits per heavy atom. The first-order chi connectivity index (χ1) is 8.40. The summed E-state index contributed by atoms with van der Waals surface area (Å²) in [5.41, 5.74) is 0. The van der Waals surface area contributed by atoms with Crippen LogP contribution in [0.2, 0.25) is 0 Å². The van der Waals surface area contributed by atoms with E-state index < -0.39 is 6.18 Å². The molecule has 0 N–H and O–H groups in total. The second kappa shape index (κ2) is 8.38. The van der Waals surface area contributed by atoms with Gasteiger partial charge in [-0.05, 0) is 0 Å². The fraction of sp³-hybridized carbons (Fsp3) is 0.929. The zero-order valence-electron chi connectivity index (χ0n) is 12.5. The van der Waals surface area contributed by atoms with Crippen molar-refractivity contribution < 1.29 is 9.32 Å². The Kier molecular flexibility index (Phi) is 8.47. The maximum absolute atomic E-state index is 11.5. The van der Waals surface area contributed by atoms with Crippen molar-refractivity contribution >= 4 is 23.4 Å². The molecule has 18 heavy (non-hydrogen) atoms. The van der Waals surface area contributed by atoms with E-state index in [1.165, 1.54) is 6.92 Å². The maximum atomic E-state index is 11.5. The standard InChI is InChI=1S/C14H30ClO2P/c1-5-8-11-18(15,12-9-6-2,13-10-7-3)17-14(4)16/h5-13H2,1-4H3. The third-order valence-electron chi connectivity index (χ3n) is 3.37. The molecular formula is C14H30ClO2P. The molecule has 0 aromatic rings. The third-order valence-corrected chi connectivity index (χ3v) is 9.71. The van der Waals surface area contributed by atoms with E-state index in [4.69, 9.17) is 15.8 Å². The van der Waals surface area contributed by atoms with Gasteiger partial charge in [0.15, 0.2) is 0 Å². The molecule has 0 aliphatic heterocycles. The molecule has 4 heteroatoms. The molecule has 0 aromatic heterocycles. The van der Waals surface area contributed by atoms with E-state index in [2.05, 4.69) is 20.8 Å². The molecule has 0 atom stereocenters. The van der Waals surface area contributed by atoms with Crippen LogP contribution >= 0.6 is 17.4 Å². The summed E-state index contributed by atoms with van der Waals surface area (Å²) in [7, 11) is 0. The Balaban J connectivity index is 5.00. The summed E-state index contributed by atoms with van der Waals surface area (Å²) in [6, 6.07) is 0. The van der Waals surface area contributed by atoms with Crippen LogP contribution in [0.25, 0.3) is 0 Å².